The Hall–Kier alpha value is -12.2. The minimum atomic E-state index is -0.110. The molecular weight excluding hydrogens is 1530 g/mol. The smallest absolute Gasteiger partial charge is 0.242 e. The van der Waals surface area contributed by atoms with E-state index in [1.54, 1.807) is 37.0 Å². The molecule has 0 spiro atoms. The van der Waals surface area contributed by atoms with Crippen LogP contribution < -0.4 is 21.3 Å². The van der Waals surface area contributed by atoms with Crippen LogP contribution in [0, 0.1) is 24.7 Å². The van der Waals surface area contributed by atoms with E-state index in [2.05, 4.69) is 165 Å². The summed E-state index contributed by atoms with van der Waals surface area (Å²) in [5, 5.41) is 13.9. The summed E-state index contributed by atoms with van der Waals surface area (Å²) in [5.74, 6) is 7.82. The number of hydrogen-bond donors (Lipinski definition) is 5. The Bertz CT molecular complexity index is 5100. The van der Waals surface area contributed by atoms with Crippen LogP contribution in [0.1, 0.15) is 160 Å². The number of hydrogen-bond acceptors (Lipinski definition) is 19. The largest absolute Gasteiger partial charge is 0.351 e. The minimum absolute atomic E-state index is 0.0259. The van der Waals surface area contributed by atoms with Gasteiger partial charge in [0.15, 0.2) is 0 Å². The van der Waals surface area contributed by atoms with Crippen molar-refractivity contribution in [1.82, 2.24) is 79.2 Å². The van der Waals surface area contributed by atoms with Gasteiger partial charge in [0.25, 0.3) is 0 Å². The normalized spacial score (nSPS) is 15.4. The molecule has 0 fully saturated rings. The summed E-state index contributed by atoms with van der Waals surface area (Å²) in [6.45, 7) is 8.92. The topological polar surface area (TPSA) is 302 Å². The van der Waals surface area contributed by atoms with Crippen LogP contribution >= 0.6 is 11.6 Å². The molecule has 0 unspecified atom stereocenters. The number of terminal acetylenes is 2. The number of benzene rings is 4. The van der Waals surface area contributed by atoms with Gasteiger partial charge in [-0.15, -0.1) is 36.3 Å². The lowest BCUT2D eigenvalue weighted by atomic mass is 10.1. The number of imidazole rings is 1. The van der Waals surface area contributed by atoms with E-state index < -0.39 is 0 Å². The van der Waals surface area contributed by atoms with Crippen LogP contribution in [0.3, 0.4) is 0 Å². The third-order valence-electron chi connectivity index (χ3n) is 23.7. The van der Waals surface area contributed by atoms with Crippen LogP contribution in [0.5, 0.6) is 0 Å². The second kappa shape index (κ2) is 41.0. The van der Waals surface area contributed by atoms with Crippen molar-refractivity contribution in [3.05, 3.63) is 230 Å². The fraction of sp³-hybridized carbons (Fsp3) is 0.430. The second-order valence-electron chi connectivity index (χ2n) is 32.3. The van der Waals surface area contributed by atoms with Gasteiger partial charge in [0.05, 0.1) is 42.2 Å². The summed E-state index contributed by atoms with van der Waals surface area (Å²) in [4.78, 5) is 128. The highest BCUT2D eigenvalue weighted by Gasteiger charge is 2.32. The SMILES string of the molecule is C#CCCCCCC(=O)N1CCc2nc(NC3Cc4ccccc4C3)ncc2C1.C#CCCCN(CC(=O)N1CCc2nc(NC3Cc4ccccc4C3)ncc2C1)C(C)=O.CC(=O)N(CCCc1cnc[nH]1)CC(=O)N1CCc2nc(NC3Cc4ccccc4C3)ncc2C1.O=C(CCl)N1CCc2nc(NC3Cc4ccccc4C3)ncc2C1. The van der Waals surface area contributed by atoms with Gasteiger partial charge in [-0.3, -0.25) is 28.8 Å². The van der Waals surface area contributed by atoms with E-state index in [1.807, 2.05) is 29.7 Å². The monoisotopic (exact) mass is 1630 g/mol. The lowest BCUT2D eigenvalue weighted by Gasteiger charge is -2.30. The molecule has 622 valence electrons. The number of H-pyrrole nitrogens is 1. The van der Waals surface area contributed by atoms with Crippen molar-refractivity contribution in [1.29, 1.82) is 0 Å². The molecule has 0 atom stereocenters. The fourth-order valence-electron chi connectivity index (χ4n) is 17.2. The van der Waals surface area contributed by atoms with Gasteiger partial charge in [-0.1, -0.05) is 103 Å². The molecule has 5 aromatic heterocycles. The van der Waals surface area contributed by atoms with Gasteiger partial charge >= 0.3 is 0 Å². The van der Waals surface area contributed by atoms with Crippen molar-refractivity contribution in [2.75, 3.05) is 79.5 Å². The molecular formula is C93H107ClN20O6. The quantitative estimate of drug-likeness (QED) is 0.0202. The molecule has 17 rings (SSSR count). The van der Waals surface area contributed by atoms with E-state index in [4.69, 9.17) is 39.4 Å². The van der Waals surface area contributed by atoms with Gasteiger partial charge in [0, 0.05) is 207 Å². The number of aromatic amines is 1. The van der Waals surface area contributed by atoms with E-state index in [0.717, 1.165) is 160 Å². The average Bonchev–Trinajstić information content (AvgIpc) is 1.20. The summed E-state index contributed by atoms with van der Waals surface area (Å²) >= 11 is 5.64. The maximum absolute atomic E-state index is 13.0. The van der Waals surface area contributed by atoms with Gasteiger partial charge in [0.2, 0.25) is 59.2 Å². The van der Waals surface area contributed by atoms with Crippen LogP contribution in [0.4, 0.5) is 23.8 Å². The number of carbonyl (C=O) groups is 6. The Morgan fingerprint density at radius 1 is 0.417 bits per heavy atom. The molecule has 9 heterocycles. The minimum Gasteiger partial charge on any atom is -0.351 e. The molecule has 0 saturated carbocycles. The van der Waals surface area contributed by atoms with Crippen LogP contribution in [-0.4, -0.2) is 197 Å². The molecule has 4 aliphatic carbocycles. The third kappa shape index (κ3) is 22.6. The number of unbranched alkanes of at least 4 members (excludes halogenated alkanes) is 4. The summed E-state index contributed by atoms with van der Waals surface area (Å²) in [6.07, 6.45) is 39.4. The molecule has 26 nitrogen and oxygen atoms in total. The number of fused-ring (bicyclic) bond motifs is 8. The molecule has 120 heavy (non-hydrogen) atoms. The van der Waals surface area contributed by atoms with E-state index in [-0.39, 0.29) is 54.4 Å². The predicted octanol–water partition coefficient (Wildman–Crippen LogP) is 10.1. The highest BCUT2D eigenvalue weighted by Crippen LogP contribution is 2.31. The number of nitrogens with zero attached hydrogens (tertiary/aromatic N) is 15. The van der Waals surface area contributed by atoms with Crippen molar-refractivity contribution in [2.45, 2.75) is 199 Å². The van der Waals surface area contributed by atoms with E-state index >= 15 is 0 Å². The zero-order valence-electron chi connectivity index (χ0n) is 68.7. The van der Waals surface area contributed by atoms with Crippen molar-refractivity contribution < 1.29 is 28.8 Å². The van der Waals surface area contributed by atoms with Gasteiger partial charge in [0.1, 0.15) is 5.88 Å². The third-order valence-corrected chi connectivity index (χ3v) is 24.0. The first-order chi connectivity index (χ1) is 58.5. The molecule has 8 aliphatic rings. The number of aromatic nitrogens is 10. The summed E-state index contributed by atoms with van der Waals surface area (Å²) < 4.78 is 0. The van der Waals surface area contributed by atoms with Gasteiger partial charge < -0.3 is 55.7 Å². The maximum Gasteiger partial charge on any atom is 0.242 e. The summed E-state index contributed by atoms with van der Waals surface area (Å²) in [5.41, 5.74) is 20.3. The fourth-order valence-corrected chi connectivity index (χ4v) is 17.3. The van der Waals surface area contributed by atoms with Gasteiger partial charge in [-0.2, -0.15) is 0 Å². The number of halogens is 1. The zero-order chi connectivity index (χ0) is 83.3. The number of aryl methyl sites for hydroxylation is 1. The standard InChI is InChI=1S/C26H31N7O2.C25H29N5O2.C24H28N4O.C18H19ClN4O/c1-18(34)32(9-4-7-22-14-27-17-29-22)16-25(35)33-10-8-24-21(15-33)13-28-26(31-24)30-23-11-19-5-2-3-6-20(19)12-23;1-3-4-7-11-29(18(2)31)17-24(32)30-12-10-23-21(16-30)15-26-25(28-23)27-22-13-19-8-5-6-9-20(19)14-22;1-2-3-4-5-6-11-23(29)28-13-12-22-20(17-28)16-25-24(27-22)26-21-14-18-9-7-8-10-19(18)15-21;19-9-17(24)23-6-5-16-14(11-23)10-20-18(22-16)21-15-7-12-3-1-2-4-13(12)8-15/h2-3,5-6,13-14,17,23H,4,7-12,15-16H2,1H3,(H,27,29)(H,28,30,31);1,5-6,8-9,15,22H,4,7,10-14,16-17H2,2H3,(H,26,27,28);1,7-10,16,21H,3-6,11-15,17H2,(H,25,26,27);1-4,10,15H,5-9,11H2,(H,20,21,22). The molecule has 5 N–H and O–H groups in total. The highest BCUT2D eigenvalue weighted by atomic mass is 35.5. The molecule has 0 bridgehead atoms. The number of anilines is 4. The number of rotatable bonds is 25. The molecule has 27 heteroatoms. The molecule has 6 amide bonds. The Kier molecular flexibility index (Phi) is 28.8. The Labute approximate surface area is 707 Å². The second-order valence-corrected chi connectivity index (χ2v) is 32.5. The van der Waals surface area contributed by atoms with Crippen LogP contribution in [0.15, 0.2) is 134 Å². The highest BCUT2D eigenvalue weighted by molar-refractivity contribution is 6.27. The number of nitrogens with one attached hydrogen (secondary N) is 5. The molecule has 4 aliphatic heterocycles. The van der Waals surface area contributed by atoms with Crippen LogP contribution in [-0.2, 0) is 138 Å². The number of amides is 6. The molecule has 0 radical (unpaired) electrons. The zero-order valence-corrected chi connectivity index (χ0v) is 69.5. The number of carbonyl (C=O) groups excluding carboxylic acids is 6. The Morgan fingerprint density at radius 2 is 0.733 bits per heavy atom. The molecule has 4 aromatic carbocycles. The lowest BCUT2D eigenvalue weighted by Crippen LogP contribution is -2.44. The van der Waals surface area contributed by atoms with Crippen molar-refractivity contribution >= 4 is 70.8 Å². The first-order valence-corrected chi connectivity index (χ1v) is 42.8. The van der Waals surface area contributed by atoms with Crippen molar-refractivity contribution in [2.24, 2.45) is 0 Å². The van der Waals surface area contributed by atoms with Crippen LogP contribution in [0.2, 0.25) is 0 Å². The summed E-state index contributed by atoms with van der Waals surface area (Å²) in [6, 6.07) is 35.5. The average molecular weight is 1640 g/mol. The Morgan fingerprint density at radius 3 is 1.04 bits per heavy atom. The van der Waals surface area contributed by atoms with E-state index in [0.29, 0.717) is 139 Å². The predicted molar refractivity (Wildman–Crippen MR) is 462 cm³/mol. The van der Waals surface area contributed by atoms with Gasteiger partial charge in [-0.25, -0.2) is 44.9 Å². The number of alkyl halides is 1. The molecule has 9 aromatic rings. The molecule has 0 saturated heterocycles. The first-order valence-electron chi connectivity index (χ1n) is 42.3. The maximum atomic E-state index is 13.0. The lowest BCUT2D eigenvalue weighted by molar-refractivity contribution is -0.140. The Balaban J connectivity index is 0.000000132. The van der Waals surface area contributed by atoms with Crippen molar-refractivity contribution in [3.8, 4) is 24.7 Å². The van der Waals surface area contributed by atoms with Gasteiger partial charge in [-0.05, 0) is 128 Å². The van der Waals surface area contributed by atoms with Crippen molar-refractivity contribution in [3.63, 3.8) is 0 Å². The van der Waals surface area contributed by atoms with E-state index in [9.17, 15) is 28.8 Å². The van der Waals surface area contributed by atoms with E-state index in [1.165, 1.54) is 58.4 Å². The van der Waals surface area contributed by atoms with Crippen LogP contribution in [0.25, 0.3) is 0 Å². The summed E-state index contributed by atoms with van der Waals surface area (Å²) in [7, 11) is 0. The first kappa shape index (κ1) is 84.3.